The summed E-state index contributed by atoms with van der Waals surface area (Å²) in [5, 5.41) is 19.0. The van der Waals surface area contributed by atoms with Crippen LogP contribution in [-0.4, -0.2) is 16.9 Å². The van der Waals surface area contributed by atoms with Crippen LogP contribution in [0.4, 0.5) is 21.9 Å². The van der Waals surface area contributed by atoms with Crippen molar-refractivity contribution in [3.63, 3.8) is 0 Å². The van der Waals surface area contributed by atoms with E-state index >= 15 is 0 Å². The minimum absolute atomic E-state index is 0.0465. The maximum absolute atomic E-state index is 12.1. The summed E-state index contributed by atoms with van der Waals surface area (Å²) in [5.41, 5.74) is 1.84. The van der Waals surface area contributed by atoms with Crippen LogP contribution in [0.5, 0.6) is 0 Å². The highest BCUT2D eigenvalue weighted by Gasteiger charge is 2.29. The lowest BCUT2D eigenvalue weighted by Gasteiger charge is -2.15. The molecule has 0 aliphatic heterocycles. The summed E-state index contributed by atoms with van der Waals surface area (Å²) < 4.78 is 0. The molecule has 1 atom stereocenters. The number of hydrogen-bond acceptors (Lipinski definition) is 4. The lowest BCUT2D eigenvalue weighted by atomic mass is 10.1. The molecular weight excluding hydrogens is 348 g/mol. The van der Waals surface area contributed by atoms with Gasteiger partial charge >= 0.3 is 6.03 Å². The molecule has 0 aromatic heterocycles. The van der Waals surface area contributed by atoms with Crippen molar-refractivity contribution in [2.24, 2.45) is 5.92 Å². The third kappa shape index (κ3) is 5.04. The molecule has 8 heteroatoms. The van der Waals surface area contributed by atoms with Gasteiger partial charge in [0.15, 0.2) is 0 Å². The van der Waals surface area contributed by atoms with Gasteiger partial charge in [-0.2, -0.15) is 0 Å². The summed E-state index contributed by atoms with van der Waals surface area (Å²) in [5.74, 6) is 0.188. The van der Waals surface area contributed by atoms with E-state index < -0.39 is 11.0 Å². The minimum Gasteiger partial charge on any atom is -0.331 e. The third-order valence-electron chi connectivity index (χ3n) is 4.29. The molecule has 0 radical (unpaired) electrons. The highest BCUT2D eigenvalue weighted by Crippen LogP contribution is 2.30. The fourth-order valence-corrected chi connectivity index (χ4v) is 2.59. The van der Waals surface area contributed by atoms with E-state index in [1.165, 1.54) is 18.2 Å². The average Bonchev–Trinajstić information content (AvgIpc) is 3.47. The Bertz CT molecular complexity index is 862. The number of hydrogen-bond donors (Lipinski definition) is 3. The Morgan fingerprint density at radius 2 is 1.78 bits per heavy atom. The second-order valence-electron chi connectivity index (χ2n) is 6.51. The molecular formula is C19H20N4O4. The maximum Gasteiger partial charge on any atom is 0.319 e. The molecule has 3 amide bonds. The standard InChI is InChI=1S/C19H20N4O4/c1-12(13-7-9-15(10-8-13)21-18(24)14-5-6-14)20-19(25)22-16-3-2-4-17(11-16)23(26)27/h2-4,7-12,14H,5-6H2,1H3,(H,21,24)(H2,20,22,25). The monoisotopic (exact) mass is 368 g/mol. The van der Waals surface area contributed by atoms with E-state index in [4.69, 9.17) is 0 Å². The van der Waals surface area contributed by atoms with Gasteiger partial charge in [-0.05, 0) is 43.5 Å². The van der Waals surface area contributed by atoms with E-state index in [2.05, 4.69) is 16.0 Å². The minimum atomic E-state index is -0.519. The summed E-state index contributed by atoms with van der Waals surface area (Å²) in [6.07, 6.45) is 1.90. The molecule has 8 nitrogen and oxygen atoms in total. The molecule has 1 saturated carbocycles. The molecule has 1 unspecified atom stereocenters. The van der Waals surface area contributed by atoms with Gasteiger partial charge in [0.05, 0.1) is 11.0 Å². The van der Waals surface area contributed by atoms with Gasteiger partial charge < -0.3 is 16.0 Å². The van der Waals surface area contributed by atoms with Crippen LogP contribution in [0, 0.1) is 16.0 Å². The van der Waals surface area contributed by atoms with Crippen LogP contribution >= 0.6 is 0 Å². The molecule has 1 aliphatic rings. The summed E-state index contributed by atoms with van der Waals surface area (Å²) in [6, 6.07) is 12.3. The molecule has 3 N–H and O–H groups in total. The zero-order valence-corrected chi connectivity index (χ0v) is 14.8. The average molecular weight is 368 g/mol. The molecule has 2 aromatic rings. The van der Waals surface area contributed by atoms with Crippen LogP contribution in [-0.2, 0) is 4.79 Å². The molecule has 140 valence electrons. The molecule has 27 heavy (non-hydrogen) atoms. The second-order valence-corrected chi connectivity index (χ2v) is 6.51. The predicted octanol–water partition coefficient (Wildman–Crippen LogP) is 3.83. The quantitative estimate of drug-likeness (QED) is 0.531. The second kappa shape index (κ2) is 7.86. The van der Waals surface area contributed by atoms with Crippen molar-refractivity contribution in [1.29, 1.82) is 0 Å². The fourth-order valence-electron chi connectivity index (χ4n) is 2.59. The number of anilines is 2. The normalized spacial score (nSPS) is 14.1. The number of nitrogens with zero attached hydrogens (tertiary/aromatic N) is 1. The maximum atomic E-state index is 12.1. The number of urea groups is 1. The Balaban J connectivity index is 1.55. The number of rotatable bonds is 6. The van der Waals surface area contributed by atoms with Gasteiger partial charge in [-0.25, -0.2) is 4.79 Å². The van der Waals surface area contributed by atoms with Gasteiger partial charge in [-0.3, -0.25) is 14.9 Å². The molecule has 0 saturated heterocycles. The zero-order valence-electron chi connectivity index (χ0n) is 14.8. The third-order valence-corrected chi connectivity index (χ3v) is 4.29. The van der Waals surface area contributed by atoms with Gasteiger partial charge in [0.2, 0.25) is 5.91 Å². The van der Waals surface area contributed by atoms with E-state index in [-0.39, 0.29) is 23.6 Å². The highest BCUT2D eigenvalue weighted by atomic mass is 16.6. The van der Waals surface area contributed by atoms with Crippen LogP contribution in [0.25, 0.3) is 0 Å². The van der Waals surface area contributed by atoms with Crippen LogP contribution in [0.1, 0.15) is 31.4 Å². The Kier molecular flexibility index (Phi) is 5.35. The van der Waals surface area contributed by atoms with Crippen LogP contribution in [0.3, 0.4) is 0 Å². The van der Waals surface area contributed by atoms with Crippen molar-refractivity contribution in [3.05, 3.63) is 64.2 Å². The highest BCUT2D eigenvalue weighted by molar-refractivity contribution is 5.94. The first-order valence-electron chi connectivity index (χ1n) is 8.65. The molecule has 0 spiro atoms. The van der Waals surface area contributed by atoms with Gasteiger partial charge in [0.25, 0.3) is 5.69 Å². The molecule has 0 heterocycles. The number of non-ortho nitro benzene ring substituents is 1. The summed E-state index contributed by atoms with van der Waals surface area (Å²) in [6.45, 7) is 1.82. The number of nitro groups is 1. The van der Waals surface area contributed by atoms with Crippen molar-refractivity contribution >= 4 is 29.0 Å². The van der Waals surface area contributed by atoms with Gasteiger partial charge in [-0.15, -0.1) is 0 Å². The number of carbonyl (C=O) groups is 2. The molecule has 1 aliphatic carbocycles. The van der Waals surface area contributed by atoms with Crippen LogP contribution in [0.2, 0.25) is 0 Å². The SMILES string of the molecule is CC(NC(=O)Nc1cccc([N+](=O)[O-])c1)c1ccc(NC(=O)C2CC2)cc1. The smallest absolute Gasteiger partial charge is 0.319 e. The number of nitrogens with one attached hydrogen (secondary N) is 3. The Labute approximate surface area is 156 Å². The van der Waals surface area contributed by atoms with E-state index in [0.717, 1.165) is 24.1 Å². The van der Waals surface area contributed by atoms with E-state index in [1.54, 1.807) is 18.2 Å². The number of nitro benzene ring substituents is 1. The zero-order chi connectivity index (χ0) is 19.4. The first-order chi connectivity index (χ1) is 12.9. The Morgan fingerprint density at radius 3 is 2.41 bits per heavy atom. The Hall–Kier alpha value is -3.42. The summed E-state index contributed by atoms with van der Waals surface area (Å²) >= 11 is 0. The van der Waals surface area contributed by atoms with E-state index in [0.29, 0.717) is 5.69 Å². The largest absolute Gasteiger partial charge is 0.331 e. The summed E-state index contributed by atoms with van der Waals surface area (Å²) in [4.78, 5) is 34.2. The van der Waals surface area contributed by atoms with Gasteiger partial charge in [-0.1, -0.05) is 18.2 Å². The lowest BCUT2D eigenvalue weighted by molar-refractivity contribution is -0.384. The van der Waals surface area contributed by atoms with Crippen molar-refractivity contribution in [3.8, 4) is 0 Å². The van der Waals surface area contributed by atoms with Crippen molar-refractivity contribution in [2.45, 2.75) is 25.8 Å². The first kappa shape index (κ1) is 18.4. The fraction of sp³-hybridized carbons (Fsp3) is 0.263. The molecule has 3 rings (SSSR count). The Morgan fingerprint density at radius 1 is 1.07 bits per heavy atom. The van der Waals surface area contributed by atoms with Crippen molar-refractivity contribution in [1.82, 2.24) is 5.32 Å². The first-order valence-corrected chi connectivity index (χ1v) is 8.65. The number of benzene rings is 2. The van der Waals surface area contributed by atoms with Crippen molar-refractivity contribution in [2.75, 3.05) is 10.6 Å². The summed E-state index contributed by atoms with van der Waals surface area (Å²) in [7, 11) is 0. The number of amides is 3. The van der Waals surface area contributed by atoms with E-state index in [9.17, 15) is 19.7 Å². The van der Waals surface area contributed by atoms with Crippen LogP contribution in [0.15, 0.2) is 48.5 Å². The predicted molar refractivity (Wildman–Crippen MR) is 101 cm³/mol. The topological polar surface area (TPSA) is 113 Å². The number of carbonyl (C=O) groups excluding carboxylic acids is 2. The van der Waals surface area contributed by atoms with Crippen LogP contribution < -0.4 is 16.0 Å². The van der Waals surface area contributed by atoms with E-state index in [1.807, 2.05) is 19.1 Å². The lowest BCUT2D eigenvalue weighted by Crippen LogP contribution is -2.31. The van der Waals surface area contributed by atoms with Gasteiger partial charge in [0.1, 0.15) is 0 Å². The molecule has 1 fully saturated rings. The van der Waals surface area contributed by atoms with Crippen molar-refractivity contribution < 1.29 is 14.5 Å². The molecule has 2 aromatic carbocycles. The van der Waals surface area contributed by atoms with Gasteiger partial charge in [0, 0.05) is 29.4 Å². The molecule has 0 bridgehead atoms.